The second-order valence-corrected chi connectivity index (χ2v) is 6.47. The molecule has 2 amide bonds. The van der Waals surface area contributed by atoms with Crippen LogP contribution < -0.4 is 16.6 Å². The second kappa shape index (κ2) is 4.33. The van der Waals surface area contributed by atoms with Crippen LogP contribution in [0.25, 0.3) is 0 Å². The van der Waals surface area contributed by atoms with Crippen LogP contribution in [0.5, 0.6) is 0 Å². The van der Waals surface area contributed by atoms with Gasteiger partial charge in [-0.15, -0.1) is 13.2 Å². The molecule has 0 spiro atoms. The molecule has 118 valence electrons. The third-order valence-corrected chi connectivity index (χ3v) is 4.62. The van der Waals surface area contributed by atoms with Crippen LogP contribution in [0.2, 0.25) is 0 Å². The SMILES string of the molecule is NC12CC(C(=O)NNC(=O)C3CC(OC(F)(F)F)C3)(C1)C2. The summed E-state index contributed by atoms with van der Waals surface area (Å²) in [7, 11) is 0. The fraction of sp³-hybridized carbons (Fsp3) is 0.833. The number of alkyl halides is 3. The van der Waals surface area contributed by atoms with E-state index in [0.29, 0.717) is 19.3 Å². The molecule has 4 saturated carbocycles. The van der Waals surface area contributed by atoms with Gasteiger partial charge < -0.3 is 5.73 Å². The number of rotatable bonds is 3. The Labute approximate surface area is 118 Å². The number of nitrogens with two attached hydrogens (primary N) is 1. The molecule has 0 aromatic rings. The standard InChI is InChI=1S/C12H16F3N3O3/c13-12(14,15)21-7-1-6(2-7)8(19)17-18-9(20)10-3-11(16,4-10)5-10/h6-7H,1-5,16H2,(H,17,19)(H,18,20). The minimum atomic E-state index is -4.68. The molecule has 4 rings (SSSR count). The van der Waals surface area contributed by atoms with E-state index in [1.807, 2.05) is 0 Å². The van der Waals surface area contributed by atoms with Gasteiger partial charge in [-0.05, 0) is 32.1 Å². The third-order valence-electron chi connectivity index (χ3n) is 4.62. The number of hydrogen-bond acceptors (Lipinski definition) is 4. The Bertz CT molecular complexity index is 468. The van der Waals surface area contributed by atoms with Gasteiger partial charge in [0.1, 0.15) is 0 Å². The number of carbonyl (C=O) groups excluding carboxylic acids is 2. The number of carbonyl (C=O) groups is 2. The van der Waals surface area contributed by atoms with E-state index in [1.54, 1.807) is 0 Å². The molecule has 4 fully saturated rings. The Balaban J connectivity index is 1.36. The lowest BCUT2D eigenvalue weighted by Gasteiger charge is -2.67. The van der Waals surface area contributed by atoms with E-state index >= 15 is 0 Å². The molecule has 0 unspecified atom stereocenters. The molecule has 0 aromatic heterocycles. The van der Waals surface area contributed by atoms with Crippen molar-refractivity contribution in [3.63, 3.8) is 0 Å². The topological polar surface area (TPSA) is 93.5 Å². The first-order valence-corrected chi connectivity index (χ1v) is 6.75. The average Bonchev–Trinajstić information content (AvgIpc) is 2.23. The monoisotopic (exact) mass is 307 g/mol. The first-order valence-electron chi connectivity index (χ1n) is 6.75. The number of ether oxygens (including phenoxy) is 1. The van der Waals surface area contributed by atoms with Crippen molar-refractivity contribution in [2.75, 3.05) is 0 Å². The summed E-state index contributed by atoms with van der Waals surface area (Å²) in [6.45, 7) is 0. The Morgan fingerprint density at radius 3 is 2.19 bits per heavy atom. The highest BCUT2D eigenvalue weighted by Gasteiger charge is 2.69. The van der Waals surface area contributed by atoms with Gasteiger partial charge in [0, 0.05) is 11.5 Å². The normalized spacial score (nSPS) is 40.4. The van der Waals surface area contributed by atoms with Gasteiger partial charge in [-0.3, -0.25) is 25.2 Å². The number of hydrogen-bond donors (Lipinski definition) is 3. The summed E-state index contributed by atoms with van der Waals surface area (Å²) in [4.78, 5) is 23.5. The van der Waals surface area contributed by atoms with E-state index in [0.717, 1.165) is 0 Å². The first kappa shape index (κ1) is 14.6. The summed E-state index contributed by atoms with van der Waals surface area (Å²) >= 11 is 0. The van der Waals surface area contributed by atoms with Gasteiger partial charge in [0.15, 0.2) is 0 Å². The molecule has 0 saturated heterocycles. The molecule has 0 aliphatic heterocycles. The van der Waals surface area contributed by atoms with Crippen molar-refractivity contribution in [3.05, 3.63) is 0 Å². The average molecular weight is 307 g/mol. The van der Waals surface area contributed by atoms with Crippen molar-refractivity contribution < 1.29 is 27.5 Å². The summed E-state index contributed by atoms with van der Waals surface area (Å²) in [6, 6.07) is 0. The molecule has 6 nitrogen and oxygen atoms in total. The van der Waals surface area contributed by atoms with Crippen LogP contribution in [-0.2, 0) is 14.3 Å². The van der Waals surface area contributed by atoms with Crippen molar-refractivity contribution in [1.29, 1.82) is 0 Å². The lowest BCUT2D eigenvalue weighted by atomic mass is 9.39. The van der Waals surface area contributed by atoms with Crippen LogP contribution in [0.3, 0.4) is 0 Å². The largest absolute Gasteiger partial charge is 0.522 e. The zero-order valence-electron chi connectivity index (χ0n) is 11.1. The molecule has 21 heavy (non-hydrogen) atoms. The summed E-state index contributed by atoms with van der Waals surface area (Å²) in [6.07, 6.45) is -3.81. The highest BCUT2D eigenvalue weighted by atomic mass is 19.4. The number of halogens is 3. The Morgan fingerprint density at radius 2 is 1.71 bits per heavy atom. The minimum absolute atomic E-state index is 0.00172. The van der Waals surface area contributed by atoms with Crippen LogP contribution in [0.15, 0.2) is 0 Å². The van der Waals surface area contributed by atoms with Crippen molar-refractivity contribution in [3.8, 4) is 0 Å². The van der Waals surface area contributed by atoms with E-state index in [-0.39, 0.29) is 24.3 Å². The molecule has 0 heterocycles. The minimum Gasteiger partial charge on any atom is -0.325 e. The first-order chi connectivity index (χ1) is 9.61. The van der Waals surface area contributed by atoms with E-state index in [9.17, 15) is 22.8 Å². The molecular weight excluding hydrogens is 291 g/mol. The van der Waals surface area contributed by atoms with Gasteiger partial charge >= 0.3 is 6.36 Å². The van der Waals surface area contributed by atoms with Crippen molar-refractivity contribution in [1.82, 2.24) is 10.9 Å². The maximum Gasteiger partial charge on any atom is 0.522 e. The summed E-state index contributed by atoms with van der Waals surface area (Å²) in [5, 5.41) is 0. The highest BCUT2D eigenvalue weighted by molar-refractivity contribution is 5.89. The number of nitrogens with one attached hydrogen (secondary N) is 2. The predicted octanol–water partition coefficient (Wildman–Crippen LogP) is 0.330. The molecule has 4 aliphatic carbocycles. The zero-order chi connectivity index (χ0) is 15.5. The number of amides is 2. The lowest BCUT2D eigenvalue weighted by Crippen LogP contribution is -2.77. The summed E-state index contributed by atoms with van der Waals surface area (Å²) in [5.41, 5.74) is 9.77. The van der Waals surface area contributed by atoms with Gasteiger partial charge in [0.2, 0.25) is 11.8 Å². The van der Waals surface area contributed by atoms with Crippen LogP contribution >= 0.6 is 0 Å². The molecule has 4 N–H and O–H groups in total. The van der Waals surface area contributed by atoms with Crippen molar-refractivity contribution in [2.45, 2.75) is 50.1 Å². The van der Waals surface area contributed by atoms with Gasteiger partial charge in [-0.25, -0.2) is 0 Å². The van der Waals surface area contributed by atoms with Crippen molar-refractivity contribution in [2.24, 2.45) is 17.1 Å². The Hall–Kier alpha value is -1.35. The van der Waals surface area contributed by atoms with Gasteiger partial charge in [-0.1, -0.05) is 0 Å². The summed E-state index contributed by atoms with van der Waals surface area (Å²) in [5.74, 6) is -1.32. The summed E-state index contributed by atoms with van der Waals surface area (Å²) < 4.78 is 39.6. The predicted molar refractivity (Wildman–Crippen MR) is 63.1 cm³/mol. The highest BCUT2D eigenvalue weighted by Crippen LogP contribution is 2.65. The molecule has 0 radical (unpaired) electrons. The third kappa shape index (κ3) is 2.59. The molecule has 2 bridgehead atoms. The molecular formula is C12H16F3N3O3. The van der Waals surface area contributed by atoms with E-state index in [2.05, 4.69) is 15.6 Å². The van der Waals surface area contributed by atoms with E-state index < -0.39 is 29.7 Å². The quantitative estimate of drug-likeness (QED) is 0.655. The molecule has 0 atom stereocenters. The van der Waals surface area contributed by atoms with Crippen LogP contribution in [0.1, 0.15) is 32.1 Å². The Kier molecular flexibility index (Phi) is 3.00. The van der Waals surface area contributed by atoms with E-state index in [1.165, 1.54) is 0 Å². The maximum atomic E-state index is 11.9. The van der Waals surface area contributed by atoms with E-state index in [4.69, 9.17) is 5.73 Å². The smallest absolute Gasteiger partial charge is 0.325 e. The zero-order valence-corrected chi connectivity index (χ0v) is 11.1. The fourth-order valence-electron chi connectivity index (χ4n) is 3.53. The van der Waals surface area contributed by atoms with Gasteiger partial charge in [0.25, 0.3) is 0 Å². The molecule has 9 heteroatoms. The second-order valence-electron chi connectivity index (χ2n) is 6.47. The fourth-order valence-corrected chi connectivity index (χ4v) is 3.53. The lowest BCUT2D eigenvalue weighted by molar-refractivity contribution is -0.353. The van der Waals surface area contributed by atoms with Gasteiger partial charge in [-0.2, -0.15) is 0 Å². The van der Waals surface area contributed by atoms with Gasteiger partial charge in [0.05, 0.1) is 11.5 Å². The van der Waals surface area contributed by atoms with Crippen LogP contribution in [0, 0.1) is 11.3 Å². The molecule has 0 aromatic carbocycles. The van der Waals surface area contributed by atoms with Crippen LogP contribution in [0.4, 0.5) is 13.2 Å². The maximum absolute atomic E-state index is 11.9. The number of hydrazine groups is 1. The Morgan fingerprint density at radius 1 is 1.14 bits per heavy atom. The molecule has 4 aliphatic rings. The van der Waals surface area contributed by atoms with Crippen LogP contribution in [-0.4, -0.2) is 29.8 Å². The van der Waals surface area contributed by atoms with Crippen molar-refractivity contribution >= 4 is 11.8 Å².